The number of hydrogen-bond donors (Lipinski definition) is 3. The molecule has 0 spiro atoms. The number of nitrogens with two attached hydrogens (primary N) is 1. The lowest BCUT2D eigenvalue weighted by atomic mass is 10.1. The standard InChI is InChI=1S/C22H17ClF4N6O3/c1-11(31-13-3-4-17(24)16(23)8-13)29-10-15(12-7-14(21(34)35)20(36-2)30-9-12)19(28)33-6-5-18(32-33)22(25,26)27/h3-10,31H,1,28H2,2H3,(H,34,35)/b19-15-,29-10?. The normalized spacial score (nSPS) is 12.4. The van der Waals surface area contributed by atoms with E-state index in [1.54, 1.807) is 0 Å². The molecule has 0 radical (unpaired) electrons. The van der Waals surface area contributed by atoms with Gasteiger partial charge in [-0.25, -0.2) is 23.8 Å². The Hall–Kier alpha value is -4.39. The monoisotopic (exact) mass is 524 g/mol. The van der Waals surface area contributed by atoms with Crippen LogP contribution in [-0.2, 0) is 6.18 Å². The number of aliphatic imine (C=N–C) groups is 1. The summed E-state index contributed by atoms with van der Waals surface area (Å²) in [5.41, 5.74) is 4.97. The lowest BCUT2D eigenvalue weighted by molar-refractivity contribution is -0.141. The van der Waals surface area contributed by atoms with E-state index in [2.05, 4.69) is 27.0 Å². The molecule has 3 rings (SSSR count). The van der Waals surface area contributed by atoms with Gasteiger partial charge in [0.2, 0.25) is 5.88 Å². The first-order valence-electron chi connectivity index (χ1n) is 9.76. The molecule has 2 aromatic heterocycles. The van der Waals surface area contributed by atoms with Crippen molar-refractivity contribution in [2.24, 2.45) is 10.7 Å². The van der Waals surface area contributed by atoms with E-state index in [1.165, 1.54) is 25.4 Å². The lowest BCUT2D eigenvalue weighted by Crippen LogP contribution is -2.14. The third kappa shape index (κ3) is 5.99. The lowest BCUT2D eigenvalue weighted by Gasteiger charge is -2.12. The zero-order valence-corrected chi connectivity index (χ0v) is 19.1. The number of pyridine rings is 1. The third-order valence-corrected chi connectivity index (χ3v) is 4.84. The Labute approximate surface area is 206 Å². The minimum absolute atomic E-state index is 0.0133. The number of carbonyl (C=O) groups is 1. The Balaban J connectivity index is 2.06. The van der Waals surface area contributed by atoms with Gasteiger partial charge in [0.1, 0.15) is 23.0 Å². The number of carboxylic acid groups (broad SMARTS) is 1. The highest BCUT2D eigenvalue weighted by molar-refractivity contribution is 6.31. The van der Waals surface area contributed by atoms with E-state index in [1.807, 2.05) is 0 Å². The molecule has 3 aromatic rings. The van der Waals surface area contributed by atoms with Gasteiger partial charge in [-0.05, 0) is 30.3 Å². The van der Waals surface area contributed by atoms with Gasteiger partial charge in [-0.1, -0.05) is 18.2 Å². The third-order valence-electron chi connectivity index (χ3n) is 4.55. The maximum absolute atomic E-state index is 13.4. The van der Waals surface area contributed by atoms with Crippen LogP contribution < -0.4 is 15.8 Å². The van der Waals surface area contributed by atoms with Gasteiger partial charge in [-0.15, -0.1) is 0 Å². The number of carboxylic acids is 1. The second-order valence-corrected chi connectivity index (χ2v) is 7.39. The Kier molecular flexibility index (Phi) is 7.63. The average molecular weight is 525 g/mol. The van der Waals surface area contributed by atoms with Crippen LogP contribution >= 0.6 is 11.6 Å². The van der Waals surface area contributed by atoms with Gasteiger partial charge in [0.25, 0.3) is 0 Å². The quantitative estimate of drug-likeness (QED) is 0.287. The van der Waals surface area contributed by atoms with Crippen LogP contribution in [0.4, 0.5) is 23.2 Å². The predicted octanol–water partition coefficient (Wildman–Crippen LogP) is 4.73. The Morgan fingerprint density at radius 2 is 2.06 bits per heavy atom. The first kappa shape index (κ1) is 26.2. The van der Waals surface area contributed by atoms with E-state index in [0.717, 1.165) is 35.3 Å². The van der Waals surface area contributed by atoms with Crippen molar-refractivity contribution < 1.29 is 32.2 Å². The molecule has 0 unspecified atom stereocenters. The number of anilines is 1. The van der Waals surface area contributed by atoms with E-state index < -0.39 is 23.7 Å². The van der Waals surface area contributed by atoms with Crippen LogP contribution in [0, 0.1) is 5.82 Å². The van der Waals surface area contributed by atoms with Crippen molar-refractivity contribution >= 4 is 40.9 Å². The molecule has 36 heavy (non-hydrogen) atoms. The molecule has 1 aromatic carbocycles. The molecule has 0 aliphatic carbocycles. The maximum atomic E-state index is 13.4. The second-order valence-electron chi connectivity index (χ2n) is 6.99. The number of nitrogens with one attached hydrogen (secondary N) is 1. The number of hydrogen-bond acceptors (Lipinski definition) is 7. The molecule has 0 amide bonds. The Morgan fingerprint density at radius 3 is 2.64 bits per heavy atom. The van der Waals surface area contributed by atoms with Crippen molar-refractivity contribution in [1.82, 2.24) is 14.8 Å². The smallest absolute Gasteiger partial charge is 0.435 e. The van der Waals surface area contributed by atoms with Crippen LogP contribution in [0.2, 0.25) is 5.02 Å². The van der Waals surface area contributed by atoms with Gasteiger partial charge < -0.3 is 20.9 Å². The van der Waals surface area contributed by atoms with E-state index in [4.69, 9.17) is 22.1 Å². The van der Waals surface area contributed by atoms with Gasteiger partial charge >= 0.3 is 12.1 Å². The van der Waals surface area contributed by atoms with Gasteiger partial charge in [0.15, 0.2) is 5.69 Å². The molecule has 2 heterocycles. The number of ether oxygens (including phenoxy) is 1. The molecule has 14 heteroatoms. The topological polar surface area (TPSA) is 128 Å². The van der Waals surface area contributed by atoms with Crippen molar-refractivity contribution in [3.8, 4) is 5.88 Å². The summed E-state index contributed by atoms with van der Waals surface area (Å²) in [4.78, 5) is 19.6. The Morgan fingerprint density at radius 1 is 1.33 bits per heavy atom. The molecule has 9 nitrogen and oxygen atoms in total. The Bertz CT molecular complexity index is 1380. The summed E-state index contributed by atoms with van der Waals surface area (Å²) in [5, 5.41) is 15.5. The summed E-state index contributed by atoms with van der Waals surface area (Å²) in [6, 6.07) is 5.67. The minimum atomic E-state index is -4.72. The largest absolute Gasteiger partial charge is 0.480 e. The molecule has 0 saturated heterocycles. The summed E-state index contributed by atoms with van der Waals surface area (Å²) >= 11 is 5.75. The van der Waals surface area contributed by atoms with E-state index in [0.29, 0.717) is 5.69 Å². The molecule has 0 fully saturated rings. The van der Waals surface area contributed by atoms with Crippen LogP contribution in [0.5, 0.6) is 5.88 Å². The van der Waals surface area contributed by atoms with Crippen LogP contribution in [0.15, 0.2) is 60.1 Å². The molecular formula is C22H17ClF4N6O3. The number of halogens is 5. The van der Waals surface area contributed by atoms with E-state index >= 15 is 0 Å². The fraction of sp³-hybridized carbons (Fsp3) is 0.0909. The second kappa shape index (κ2) is 10.5. The van der Waals surface area contributed by atoms with Crippen LogP contribution in [0.1, 0.15) is 21.6 Å². The molecular weight excluding hydrogens is 508 g/mol. The highest BCUT2D eigenvalue weighted by atomic mass is 35.5. The average Bonchev–Trinajstić information content (AvgIpc) is 3.32. The van der Waals surface area contributed by atoms with Gasteiger partial charge in [-0.2, -0.15) is 18.3 Å². The van der Waals surface area contributed by atoms with Crippen molar-refractivity contribution in [2.45, 2.75) is 6.18 Å². The van der Waals surface area contributed by atoms with Crippen LogP contribution in [-0.4, -0.2) is 39.2 Å². The number of benzene rings is 1. The number of alkyl halides is 3. The predicted molar refractivity (Wildman–Crippen MR) is 125 cm³/mol. The summed E-state index contributed by atoms with van der Waals surface area (Å²) < 4.78 is 58.1. The molecule has 188 valence electrons. The highest BCUT2D eigenvalue weighted by Gasteiger charge is 2.33. The SMILES string of the molecule is C=C(N=C/C(=C(\N)n1ccc(C(F)(F)F)n1)c1cnc(OC)c(C(=O)O)c1)Nc1ccc(F)c(Cl)c1. The van der Waals surface area contributed by atoms with Gasteiger partial charge in [-0.3, -0.25) is 0 Å². The maximum Gasteiger partial charge on any atom is 0.435 e. The first-order chi connectivity index (χ1) is 16.9. The fourth-order valence-electron chi connectivity index (χ4n) is 2.85. The highest BCUT2D eigenvalue weighted by Crippen LogP contribution is 2.29. The van der Waals surface area contributed by atoms with Crippen molar-refractivity contribution in [2.75, 3.05) is 12.4 Å². The number of allylic oxidation sites excluding steroid dienone is 1. The van der Waals surface area contributed by atoms with Crippen molar-refractivity contribution in [3.63, 3.8) is 0 Å². The summed E-state index contributed by atoms with van der Waals surface area (Å²) in [6.07, 6.45) is -1.41. The van der Waals surface area contributed by atoms with Crippen molar-refractivity contribution in [3.05, 3.63) is 82.8 Å². The van der Waals surface area contributed by atoms with Gasteiger partial charge in [0, 0.05) is 35.4 Å². The fourth-order valence-corrected chi connectivity index (χ4v) is 3.03. The van der Waals surface area contributed by atoms with E-state index in [9.17, 15) is 27.5 Å². The van der Waals surface area contributed by atoms with Crippen molar-refractivity contribution in [1.29, 1.82) is 0 Å². The zero-order chi connectivity index (χ0) is 26.6. The molecule has 0 aliphatic rings. The summed E-state index contributed by atoms with van der Waals surface area (Å²) in [5.74, 6) is -2.50. The molecule has 0 saturated carbocycles. The van der Waals surface area contributed by atoms with Crippen LogP contribution in [0.25, 0.3) is 11.4 Å². The number of aromatic carboxylic acids is 1. The number of rotatable bonds is 8. The number of methoxy groups -OCH3 is 1. The van der Waals surface area contributed by atoms with E-state index in [-0.39, 0.29) is 39.2 Å². The molecule has 0 bridgehead atoms. The van der Waals surface area contributed by atoms with Gasteiger partial charge in [0.05, 0.1) is 12.1 Å². The molecule has 4 N–H and O–H groups in total. The first-order valence-corrected chi connectivity index (χ1v) is 10.1. The van der Waals surface area contributed by atoms with Crippen LogP contribution in [0.3, 0.4) is 0 Å². The summed E-state index contributed by atoms with van der Waals surface area (Å²) in [6.45, 7) is 3.70. The minimum Gasteiger partial charge on any atom is -0.480 e. The molecule has 0 atom stereocenters. The number of nitrogens with zero attached hydrogens (tertiary/aromatic N) is 4. The molecule has 0 aliphatic heterocycles. The number of aromatic nitrogens is 3. The summed E-state index contributed by atoms with van der Waals surface area (Å²) in [7, 11) is 1.22. The zero-order valence-electron chi connectivity index (χ0n) is 18.3.